The summed E-state index contributed by atoms with van der Waals surface area (Å²) in [4.78, 5) is 8.31. The molecular weight excluding hydrogens is 388 g/mol. The summed E-state index contributed by atoms with van der Waals surface area (Å²) in [5.74, 6) is -1.41. The minimum Gasteiger partial charge on any atom is -0.457 e. The second kappa shape index (κ2) is 8.62. The quantitative estimate of drug-likeness (QED) is 0.564. The molecule has 0 amide bonds. The summed E-state index contributed by atoms with van der Waals surface area (Å²) in [7, 11) is 0. The molecule has 0 saturated carbocycles. The van der Waals surface area contributed by atoms with Gasteiger partial charge in [-0.1, -0.05) is 30.3 Å². The highest BCUT2D eigenvalue weighted by molar-refractivity contribution is 5.83. The van der Waals surface area contributed by atoms with E-state index in [4.69, 9.17) is 10.5 Å². The predicted octanol–water partition coefficient (Wildman–Crippen LogP) is 4.17. The van der Waals surface area contributed by atoms with Crippen molar-refractivity contribution in [2.45, 2.75) is 12.3 Å². The Morgan fingerprint density at radius 1 is 1.07 bits per heavy atom. The van der Waals surface area contributed by atoms with E-state index in [2.05, 4.69) is 20.6 Å². The fraction of sp³-hybridized carbons (Fsp3) is 0.273. The molecule has 4 N–H and O–H groups in total. The Balaban J connectivity index is 1.52. The van der Waals surface area contributed by atoms with E-state index in [1.807, 2.05) is 54.6 Å². The van der Waals surface area contributed by atoms with Gasteiger partial charge in [0.05, 0.1) is 12.1 Å². The van der Waals surface area contributed by atoms with Crippen molar-refractivity contribution in [2.24, 2.45) is 5.92 Å². The largest absolute Gasteiger partial charge is 0.457 e. The van der Waals surface area contributed by atoms with Gasteiger partial charge in [0.2, 0.25) is 0 Å². The maximum atomic E-state index is 14.1. The average molecular weight is 411 g/mol. The molecule has 3 aromatic rings. The number of nitrogen functional groups attached to an aromatic ring is 1. The van der Waals surface area contributed by atoms with Gasteiger partial charge in [0.25, 0.3) is 5.92 Å². The predicted molar refractivity (Wildman–Crippen MR) is 113 cm³/mol. The number of alkyl halides is 2. The van der Waals surface area contributed by atoms with Gasteiger partial charge in [0.15, 0.2) is 0 Å². The van der Waals surface area contributed by atoms with Crippen LogP contribution in [0.25, 0.3) is 11.1 Å². The third-order valence-corrected chi connectivity index (χ3v) is 5.14. The highest BCUT2D eigenvalue weighted by Gasteiger charge is 2.41. The van der Waals surface area contributed by atoms with Crippen molar-refractivity contribution in [1.29, 1.82) is 0 Å². The number of rotatable bonds is 6. The molecule has 1 aromatic heterocycles. The molecule has 2 heterocycles. The van der Waals surface area contributed by atoms with Gasteiger partial charge in [0.1, 0.15) is 29.5 Å². The molecule has 30 heavy (non-hydrogen) atoms. The minimum absolute atomic E-state index is 0.104. The molecule has 0 radical (unpaired) electrons. The molecular formula is C22H23F2N5O. The Labute approximate surface area is 173 Å². The summed E-state index contributed by atoms with van der Waals surface area (Å²) in [6, 6.07) is 16.8. The lowest BCUT2D eigenvalue weighted by Crippen LogP contribution is -2.48. The van der Waals surface area contributed by atoms with Crippen LogP contribution in [0.5, 0.6) is 11.5 Å². The van der Waals surface area contributed by atoms with Gasteiger partial charge in [-0.3, -0.25) is 0 Å². The third-order valence-electron chi connectivity index (χ3n) is 5.14. The SMILES string of the molecule is Nc1ncnc(NCC2CCNCC2(F)F)c1-c1ccc(Oc2ccccc2)cc1. The summed E-state index contributed by atoms with van der Waals surface area (Å²) >= 11 is 0. The minimum atomic E-state index is -2.76. The molecule has 1 aliphatic rings. The molecule has 8 heteroatoms. The first-order chi connectivity index (χ1) is 14.5. The number of benzene rings is 2. The van der Waals surface area contributed by atoms with E-state index >= 15 is 0 Å². The Bertz CT molecular complexity index is 983. The monoisotopic (exact) mass is 411 g/mol. The van der Waals surface area contributed by atoms with Crippen molar-refractivity contribution in [1.82, 2.24) is 15.3 Å². The van der Waals surface area contributed by atoms with Crippen LogP contribution in [0.15, 0.2) is 60.9 Å². The molecule has 2 aromatic carbocycles. The third kappa shape index (κ3) is 4.49. The van der Waals surface area contributed by atoms with Crippen LogP contribution in [0.1, 0.15) is 6.42 Å². The summed E-state index contributed by atoms with van der Waals surface area (Å²) in [5, 5.41) is 5.80. The van der Waals surface area contributed by atoms with E-state index in [-0.39, 0.29) is 18.9 Å². The summed E-state index contributed by atoms with van der Waals surface area (Å²) in [5.41, 5.74) is 7.45. The Kier molecular flexibility index (Phi) is 5.76. The van der Waals surface area contributed by atoms with E-state index in [0.29, 0.717) is 30.1 Å². The van der Waals surface area contributed by atoms with Crippen LogP contribution in [0, 0.1) is 5.92 Å². The Morgan fingerprint density at radius 2 is 1.80 bits per heavy atom. The fourth-order valence-electron chi connectivity index (χ4n) is 3.49. The highest BCUT2D eigenvalue weighted by Crippen LogP contribution is 2.34. The van der Waals surface area contributed by atoms with Gasteiger partial charge in [0, 0.05) is 12.5 Å². The number of aromatic nitrogens is 2. The number of nitrogens with one attached hydrogen (secondary N) is 2. The topological polar surface area (TPSA) is 85.1 Å². The summed E-state index contributed by atoms with van der Waals surface area (Å²) < 4.78 is 34.1. The molecule has 0 bridgehead atoms. The molecule has 6 nitrogen and oxygen atoms in total. The molecule has 0 aliphatic carbocycles. The number of nitrogens with zero attached hydrogens (tertiary/aromatic N) is 2. The van der Waals surface area contributed by atoms with Crippen molar-refractivity contribution in [3.63, 3.8) is 0 Å². The fourth-order valence-corrected chi connectivity index (χ4v) is 3.49. The lowest BCUT2D eigenvalue weighted by atomic mass is 9.94. The van der Waals surface area contributed by atoms with Gasteiger partial charge in [-0.2, -0.15) is 0 Å². The first kappa shape index (κ1) is 20.0. The number of nitrogens with two attached hydrogens (primary N) is 1. The van der Waals surface area contributed by atoms with Gasteiger partial charge < -0.3 is 21.1 Å². The summed E-state index contributed by atoms with van der Waals surface area (Å²) in [6.07, 6.45) is 1.72. The van der Waals surface area contributed by atoms with Crippen LogP contribution in [-0.2, 0) is 0 Å². The van der Waals surface area contributed by atoms with Crippen molar-refractivity contribution < 1.29 is 13.5 Å². The first-order valence-electron chi connectivity index (χ1n) is 9.79. The molecule has 4 rings (SSSR count). The molecule has 1 atom stereocenters. The molecule has 0 spiro atoms. The van der Waals surface area contributed by atoms with Crippen molar-refractivity contribution in [2.75, 3.05) is 30.7 Å². The molecule has 1 saturated heterocycles. The van der Waals surface area contributed by atoms with Crippen LogP contribution in [0.4, 0.5) is 20.4 Å². The van der Waals surface area contributed by atoms with Crippen LogP contribution >= 0.6 is 0 Å². The maximum absolute atomic E-state index is 14.1. The van der Waals surface area contributed by atoms with Gasteiger partial charge in [-0.05, 0) is 42.8 Å². The molecule has 1 aliphatic heterocycles. The van der Waals surface area contributed by atoms with Crippen molar-refractivity contribution in [3.8, 4) is 22.6 Å². The summed E-state index contributed by atoms with van der Waals surface area (Å²) in [6.45, 7) is 0.373. The van der Waals surface area contributed by atoms with Gasteiger partial charge in [-0.15, -0.1) is 0 Å². The molecule has 1 fully saturated rings. The number of anilines is 2. The first-order valence-corrected chi connectivity index (χ1v) is 9.79. The maximum Gasteiger partial charge on any atom is 0.264 e. The number of halogens is 2. The zero-order valence-electron chi connectivity index (χ0n) is 16.3. The molecule has 1 unspecified atom stereocenters. The van der Waals surface area contributed by atoms with Gasteiger partial charge in [-0.25, -0.2) is 18.7 Å². The zero-order valence-corrected chi connectivity index (χ0v) is 16.3. The lowest BCUT2D eigenvalue weighted by Gasteiger charge is -2.32. The normalized spacial score (nSPS) is 18.0. The highest BCUT2D eigenvalue weighted by atomic mass is 19.3. The van der Waals surface area contributed by atoms with Crippen LogP contribution < -0.4 is 21.1 Å². The van der Waals surface area contributed by atoms with E-state index in [1.165, 1.54) is 6.33 Å². The van der Waals surface area contributed by atoms with Crippen LogP contribution in [0.3, 0.4) is 0 Å². The van der Waals surface area contributed by atoms with Crippen LogP contribution in [-0.4, -0.2) is 35.5 Å². The molecule has 156 valence electrons. The standard InChI is InChI=1S/C22H23F2N5O/c23-22(24)13-26-11-10-16(22)12-27-21-19(20(25)28-14-29-21)15-6-8-18(9-7-15)30-17-4-2-1-3-5-17/h1-9,14,16,26H,10-13H2,(H3,25,27,28,29). The number of hydrogen-bond acceptors (Lipinski definition) is 6. The zero-order chi connectivity index (χ0) is 21.0. The Hall–Kier alpha value is -3.26. The van der Waals surface area contributed by atoms with Crippen molar-refractivity contribution >= 4 is 11.6 Å². The number of ether oxygens (including phenoxy) is 1. The van der Waals surface area contributed by atoms with E-state index in [0.717, 1.165) is 11.3 Å². The van der Waals surface area contributed by atoms with Crippen molar-refractivity contribution in [3.05, 3.63) is 60.9 Å². The Morgan fingerprint density at radius 3 is 2.53 bits per heavy atom. The number of hydrogen-bond donors (Lipinski definition) is 3. The lowest BCUT2D eigenvalue weighted by molar-refractivity contribution is -0.0678. The number of piperidine rings is 1. The van der Waals surface area contributed by atoms with Gasteiger partial charge >= 0.3 is 0 Å². The second-order valence-corrected chi connectivity index (χ2v) is 7.23. The average Bonchev–Trinajstić information content (AvgIpc) is 2.74. The van der Waals surface area contributed by atoms with Crippen LogP contribution in [0.2, 0.25) is 0 Å². The van der Waals surface area contributed by atoms with E-state index in [1.54, 1.807) is 0 Å². The van der Waals surface area contributed by atoms with E-state index in [9.17, 15) is 8.78 Å². The number of para-hydroxylation sites is 1. The second-order valence-electron chi connectivity index (χ2n) is 7.23. The smallest absolute Gasteiger partial charge is 0.264 e. The van der Waals surface area contributed by atoms with E-state index < -0.39 is 11.8 Å².